The van der Waals surface area contributed by atoms with E-state index in [4.69, 9.17) is 0 Å². The molecule has 9 heteroatoms. The molecule has 2 amide bonds. The average molecular weight is 400 g/mol. The second kappa shape index (κ2) is 7.16. The molecule has 1 saturated heterocycles. The monoisotopic (exact) mass is 400 g/mol. The van der Waals surface area contributed by atoms with Gasteiger partial charge in [-0.05, 0) is 17.7 Å². The largest absolute Gasteiger partial charge is 0.416 e. The molecule has 0 spiro atoms. The molecule has 1 aromatic heterocycles. The Morgan fingerprint density at radius 2 is 1.86 bits per heavy atom. The molecule has 0 aliphatic carbocycles. The van der Waals surface area contributed by atoms with Crippen molar-refractivity contribution < 1.29 is 22.8 Å². The molecule has 3 heterocycles. The first kappa shape index (κ1) is 18.9. The van der Waals surface area contributed by atoms with Crippen molar-refractivity contribution in [3.8, 4) is 0 Å². The molecule has 148 valence electrons. The van der Waals surface area contributed by atoms with Crippen LogP contribution in [0, 0.1) is 0 Å². The molecule has 1 fully saturated rings. The lowest BCUT2D eigenvalue weighted by Gasteiger charge is -2.42. The molecule has 0 saturated carbocycles. The highest BCUT2D eigenvalue weighted by molar-refractivity contribution is 6.09. The summed E-state index contributed by atoms with van der Waals surface area (Å²) in [6, 6.07) is 4.34. The molecule has 4 rings (SSSR count). The fourth-order valence-corrected chi connectivity index (χ4v) is 3.41. The van der Waals surface area contributed by atoms with Crippen molar-refractivity contribution in [1.29, 1.82) is 0 Å². The van der Waals surface area contributed by atoms with E-state index in [1.54, 1.807) is 30.6 Å². The molecule has 1 atom stereocenters. The number of rotatable bonds is 3. The van der Waals surface area contributed by atoms with Crippen LogP contribution in [-0.4, -0.2) is 38.1 Å². The van der Waals surface area contributed by atoms with E-state index >= 15 is 0 Å². The van der Waals surface area contributed by atoms with Crippen LogP contribution in [0.3, 0.4) is 0 Å². The number of benzene rings is 1. The number of halogens is 3. The van der Waals surface area contributed by atoms with Crippen LogP contribution in [-0.2, 0) is 22.3 Å². The zero-order valence-electron chi connectivity index (χ0n) is 15.0. The molecule has 1 aromatic carbocycles. The van der Waals surface area contributed by atoms with E-state index < -0.39 is 29.5 Å². The minimum absolute atomic E-state index is 0.0118. The molecule has 0 radical (unpaired) electrons. The molecule has 6 nitrogen and oxygen atoms in total. The van der Waals surface area contributed by atoms with Gasteiger partial charge in [-0.25, -0.2) is 9.97 Å². The highest BCUT2D eigenvalue weighted by atomic mass is 19.4. The number of hydrogen-bond donors (Lipinski definition) is 0. The predicted molar refractivity (Wildman–Crippen MR) is 95.7 cm³/mol. The fraction of sp³-hybridized carbons (Fsp3) is 0.200. The fourth-order valence-electron chi connectivity index (χ4n) is 3.41. The Bertz CT molecular complexity index is 1020. The van der Waals surface area contributed by atoms with Gasteiger partial charge >= 0.3 is 6.18 Å². The van der Waals surface area contributed by atoms with Gasteiger partial charge in [0.2, 0.25) is 11.8 Å². The predicted octanol–water partition coefficient (Wildman–Crippen LogP) is 2.86. The van der Waals surface area contributed by atoms with Crippen molar-refractivity contribution in [2.45, 2.75) is 18.6 Å². The first-order chi connectivity index (χ1) is 13.9. The molecular weight excluding hydrogens is 385 g/mol. The maximum Gasteiger partial charge on any atom is 0.416 e. The number of alkyl halides is 3. The molecule has 2 aliphatic rings. The smallest absolute Gasteiger partial charge is 0.293 e. The highest BCUT2D eigenvalue weighted by Gasteiger charge is 2.44. The average Bonchev–Trinajstić information content (AvgIpc) is 2.72. The number of nitrogens with zero attached hydrogens (tertiary/aromatic N) is 4. The van der Waals surface area contributed by atoms with E-state index in [1.165, 1.54) is 28.3 Å². The summed E-state index contributed by atoms with van der Waals surface area (Å²) in [6.45, 7) is 0.327. The van der Waals surface area contributed by atoms with E-state index in [0.29, 0.717) is 11.4 Å². The second-order valence-electron chi connectivity index (χ2n) is 6.63. The highest BCUT2D eigenvalue weighted by Crippen LogP contribution is 2.36. The van der Waals surface area contributed by atoms with Crippen molar-refractivity contribution >= 4 is 11.8 Å². The Labute approximate surface area is 164 Å². The van der Waals surface area contributed by atoms with Crippen LogP contribution in [0.15, 0.2) is 67.0 Å². The van der Waals surface area contributed by atoms with Gasteiger partial charge in [0, 0.05) is 24.5 Å². The Hall–Kier alpha value is -3.49. The molecular formula is C20H15F3N4O2. The third-order valence-electron chi connectivity index (χ3n) is 4.75. The van der Waals surface area contributed by atoms with E-state index in [-0.39, 0.29) is 18.7 Å². The number of carbonyl (C=O) groups is 2. The Morgan fingerprint density at radius 3 is 2.59 bits per heavy atom. The van der Waals surface area contributed by atoms with Crippen LogP contribution in [0.1, 0.15) is 22.6 Å². The van der Waals surface area contributed by atoms with Gasteiger partial charge < -0.3 is 0 Å². The zero-order valence-corrected chi connectivity index (χ0v) is 15.0. The molecule has 1 unspecified atom stereocenters. The summed E-state index contributed by atoms with van der Waals surface area (Å²) in [5.74, 6) is -2.11. The Morgan fingerprint density at radius 1 is 1.10 bits per heavy atom. The minimum atomic E-state index is -4.57. The Kier molecular flexibility index (Phi) is 4.65. The third kappa shape index (κ3) is 3.51. The normalized spacial score (nSPS) is 19.3. The lowest BCUT2D eigenvalue weighted by atomic mass is 9.91. The lowest BCUT2D eigenvalue weighted by Crippen LogP contribution is -2.53. The van der Waals surface area contributed by atoms with E-state index in [9.17, 15) is 22.8 Å². The summed E-state index contributed by atoms with van der Waals surface area (Å²) in [5.41, 5.74) is -0.260. The number of hydrogen-bond acceptors (Lipinski definition) is 4. The SMILES string of the molecule is O=C1C(c2cccc(C(F)(F)F)c2)C(=O)N(Cc2cncnc2)C2=CC=CCN12. The van der Waals surface area contributed by atoms with E-state index in [2.05, 4.69) is 9.97 Å². The van der Waals surface area contributed by atoms with Gasteiger partial charge in [-0.1, -0.05) is 30.4 Å². The van der Waals surface area contributed by atoms with Crippen LogP contribution >= 0.6 is 0 Å². The zero-order chi connectivity index (χ0) is 20.6. The third-order valence-corrected chi connectivity index (χ3v) is 4.75. The number of amides is 2. The first-order valence-corrected chi connectivity index (χ1v) is 8.77. The van der Waals surface area contributed by atoms with Crippen molar-refractivity contribution in [3.63, 3.8) is 0 Å². The molecule has 0 N–H and O–H groups in total. The van der Waals surface area contributed by atoms with Gasteiger partial charge in [0.25, 0.3) is 0 Å². The summed E-state index contributed by atoms with van der Waals surface area (Å²) in [5, 5.41) is 0. The quantitative estimate of drug-likeness (QED) is 0.744. The lowest BCUT2D eigenvalue weighted by molar-refractivity contribution is -0.149. The summed E-state index contributed by atoms with van der Waals surface area (Å²) >= 11 is 0. The maximum atomic E-state index is 13.2. The van der Waals surface area contributed by atoms with Crippen LogP contribution in [0.25, 0.3) is 0 Å². The van der Waals surface area contributed by atoms with Crippen molar-refractivity contribution in [3.05, 3.63) is 83.7 Å². The van der Waals surface area contributed by atoms with Gasteiger partial charge in [0.05, 0.1) is 12.1 Å². The maximum absolute atomic E-state index is 13.2. The minimum Gasteiger partial charge on any atom is -0.293 e. The number of carbonyl (C=O) groups excluding carboxylic acids is 2. The van der Waals surface area contributed by atoms with Crippen LogP contribution < -0.4 is 0 Å². The van der Waals surface area contributed by atoms with Gasteiger partial charge in [-0.15, -0.1) is 0 Å². The molecule has 2 aromatic rings. The number of aromatic nitrogens is 2. The van der Waals surface area contributed by atoms with Crippen molar-refractivity contribution in [2.75, 3.05) is 6.54 Å². The number of allylic oxidation sites excluding steroid dienone is 2. The first-order valence-electron chi connectivity index (χ1n) is 8.77. The molecule has 29 heavy (non-hydrogen) atoms. The Balaban J connectivity index is 1.75. The topological polar surface area (TPSA) is 66.4 Å². The van der Waals surface area contributed by atoms with Gasteiger partial charge in [0.1, 0.15) is 18.1 Å². The summed E-state index contributed by atoms with van der Waals surface area (Å²) in [7, 11) is 0. The van der Waals surface area contributed by atoms with Crippen LogP contribution in [0.4, 0.5) is 13.2 Å². The molecule has 0 bridgehead atoms. The van der Waals surface area contributed by atoms with E-state index in [0.717, 1.165) is 12.1 Å². The van der Waals surface area contributed by atoms with Crippen LogP contribution in [0.5, 0.6) is 0 Å². The molecule has 2 aliphatic heterocycles. The van der Waals surface area contributed by atoms with Crippen molar-refractivity contribution in [1.82, 2.24) is 19.8 Å². The summed E-state index contributed by atoms with van der Waals surface area (Å²) < 4.78 is 39.4. The second-order valence-corrected chi connectivity index (χ2v) is 6.63. The van der Waals surface area contributed by atoms with Crippen molar-refractivity contribution in [2.24, 2.45) is 0 Å². The standard InChI is InChI=1S/C20H15F3N4O2/c21-20(22,23)15-5-3-4-14(8-15)17-18(28)26-7-2-1-6-16(26)27(19(17)29)11-13-9-24-12-25-10-13/h1-6,8-10,12,17H,7,11H2. The number of fused-ring (bicyclic) bond motifs is 1. The van der Waals surface area contributed by atoms with E-state index in [1.807, 2.05) is 0 Å². The van der Waals surface area contributed by atoms with Crippen LogP contribution in [0.2, 0.25) is 0 Å². The van der Waals surface area contributed by atoms with Gasteiger partial charge in [0.15, 0.2) is 0 Å². The van der Waals surface area contributed by atoms with Gasteiger partial charge in [-0.3, -0.25) is 19.4 Å². The summed E-state index contributed by atoms with van der Waals surface area (Å²) in [6.07, 6.45) is 4.96. The van der Waals surface area contributed by atoms with Gasteiger partial charge in [-0.2, -0.15) is 13.2 Å². The summed E-state index contributed by atoms with van der Waals surface area (Å²) in [4.78, 5) is 36.9.